The van der Waals surface area contributed by atoms with Gasteiger partial charge in [-0.2, -0.15) is 0 Å². The molecular weight excluding hydrogens is 260 g/mol. The molecule has 20 heavy (non-hydrogen) atoms. The average molecular weight is 288 g/mol. The summed E-state index contributed by atoms with van der Waals surface area (Å²) in [5, 5.41) is 11.4. The molecule has 2 N–H and O–H groups in total. The summed E-state index contributed by atoms with van der Waals surface area (Å²) in [6.45, 7) is 6.53. The molecular formula is C14H28N2O4. The van der Waals surface area contributed by atoms with Crippen molar-refractivity contribution in [1.29, 1.82) is 0 Å². The molecule has 0 aliphatic rings. The third-order valence-electron chi connectivity index (χ3n) is 2.78. The SMILES string of the molecule is COCCN(CC(C)C)C(=O)NCCCCCC(=O)O. The van der Waals surface area contributed by atoms with E-state index in [9.17, 15) is 9.59 Å². The number of carboxylic acids is 1. The van der Waals surface area contributed by atoms with Crippen molar-refractivity contribution >= 4 is 12.0 Å². The quantitative estimate of drug-likeness (QED) is 0.570. The molecule has 0 aromatic carbocycles. The van der Waals surface area contributed by atoms with Gasteiger partial charge in [0.15, 0.2) is 0 Å². The molecule has 0 fully saturated rings. The van der Waals surface area contributed by atoms with Crippen LogP contribution in [0.2, 0.25) is 0 Å². The zero-order valence-electron chi connectivity index (χ0n) is 12.9. The molecule has 6 heteroatoms. The van der Waals surface area contributed by atoms with E-state index in [0.717, 1.165) is 12.8 Å². The lowest BCUT2D eigenvalue weighted by Gasteiger charge is -2.24. The number of nitrogens with one attached hydrogen (secondary N) is 1. The van der Waals surface area contributed by atoms with Crippen molar-refractivity contribution < 1.29 is 19.4 Å². The maximum absolute atomic E-state index is 12.0. The van der Waals surface area contributed by atoms with Gasteiger partial charge in [-0.1, -0.05) is 20.3 Å². The second-order valence-corrected chi connectivity index (χ2v) is 5.27. The van der Waals surface area contributed by atoms with E-state index in [1.54, 1.807) is 12.0 Å². The predicted molar refractivity (Wildman–Crippen MR) is 77.8 cm³/mol. The molecule has 2 amide bonds. The molecule has 0 saturated heterocycles. The van der Waals surface area contributed by atoms with Gasteiger partial charge in [0, 0.05) is 33.2 Å². The maximum atomic E-state index is 12.0. The van der Waals surface area contributed by atoms with Gasteiger partial charge in [-0.3, -0.25) is 4.79 Å². The van der Waals surface area contributed by atoms with Crippen molar-refractivity contribution in [2.75, 3.05) is 33.4 Å². The number of hydrogen-bond donors (Lipinski definition) is 2. The molecule has 0 spiro atoms. The highest BCUT2D eigenvalue weighted by Gasteiger charge is 2.13. The van der Waals surface area contributed by atoms with E-state index in [1.165, 1.54) is 0 Å². The third kappa shape index (κ3) is 10.6. The Balaban J connectivity index is 3.85. The number of ether oxygens (including phenoxy) is 1. The Labute approximate surface area is 121 Å². The Morgan fingerprint density at radius 2 is 1.95 bits per heavy atom. The summed E-state index contributed by atoms with van der Waals surface area (Å²) in [4.78, 5) is 24.1. The van der Waals surface area contributed by atoms with Crippen LogP contribution in [0.3, 0.4) is 0 Å². The zero-order chi connectivity index (χ0) is 15.4. The number of amides is 2. The lowest BCUT2D eigenvalue weighted by Crippen LogP contribution is -2.43. The van der Waals surface area contributed by atoms with Crippen LogP contribution in [0.1, 0.15) is 39.5 Å². The fourth-order valence-corrected chi connectivity index (χ4v) is 1.80. The highest BCUT2D eigenvalue weighted by Crippen LogP contribution is 2.01. The molecule has 0 radical (unpaired) electrons. The van der Waals surface area contributed by atoms with Gasteiger partial charge in [-0.05, 0) is 18.8 Å². The Bertz CT molecular complexity index is 282. The monoisotopic (exact) mass is 288 g/mol. The van der Waals surface area contributed by atoms with E-state index in [0.29, 0.717) is 38.6 Å². The molecule has 0 saturated carbocycles. The van der Waals surface area contributed by atoms with Gasteiger partial charge in [-0.25, -0.2) is 4.79 Å². The Morgan fingerprint density at radius 3 is 2.50 bits per heavy atom. The summed E-state index contributed by atoms with van der Waals surface area (Å²) < 4.78 is 5.01. The lowest BCUT2D eigenvalue weighted by atomic mass is 10.2. The van der Waals surface area contributed by atoms with E-state index < -0.39 is 5.97 Å². The fourth-order valence-electron chi connectivity index (χ4n) is 1.80. The molecule has 0 unspecified atom stereocenters. The largest absolute Gasteiger partial charge is 0.481 e. The number of nitrogens with zero attached hydrogens (tertiary/aromatic N) is 1. The van der Waals surface area contributed by atoms with Crippen molar-refractivity contribution in [3.05, 3.63) is 0 Å². The highest BCUT2D eigenvalue weighted by atomic mass is 16.5. The van der Waals surface area contributed by atoms with Crippen molar-refractivity contribution in [3.63, 3.8) is 0 Å². The molecule has 0 aliphatic heterocycles. The molecule has 0 bridgehead atoms. The van der Waals surface area contributed by atoms with E-state index >= 15 is 0 Å². The first-order valence-corrected chi connectivity index (χ1v) is 7.20. The first-order chi connectivity index (χ1) is 9.47. The van der Waals surface area contributed by atoms with Crippen LogP contribution < -0.4 is 5.32 Å². The van der Waals surface area contributed by atoms with Crippen molar-refractivity contribution in [2.24, 2.45) is 5.92 Å². The number of aliphatic carboxylic acids is 1. The van der Waals surface area contributed by atoms with Crippen molar-refractivity contribution in [2.45, 2.75) is 39.5 Å². The number of urea groups is 1. The van der Waals surface area contributed by atoms with Crippen LogP contribution in [0.15, 0.2) is 0 Å². The topological polar surface area (TPSA) is 78.9 Å². The van der Waals surface area contributed by atoms with E-state index in [4.69, 9.17) is 9.84 Å². The second-order valence-electron chi connectivity index (χ2n) is 5.27. The molecule has 0 aromatic rings. The number of hydrogen-bond acceptors (Lipinski definition) is 3. The smallest absolute Gasteiger partial charge is 0.317 e. The molecule has 0 atom stereocenters. The van der Waals surface area contributed by atoms with E-state index in [2.05, 4.69) is 19.2 Å². The van der Waals surface area contributed by atoms with E-state index in [-0.39, 0.29) is 12.5 Å². The predicted octanol–water partition coefficient (Wildman–Crippen LogP) is 1.95. The summed E-state index contributed by atoms with van der Waals surface area (Å²) in [5.74, 6) is -0.357. The van der Waals surface area contributed by atoms with Crippen LogP contribution >= 0.6 is 0 Å². The van der Waals surface area contributed by atoms with Gasteiger partial charge in [0.1, 0.15) is 0 Å². The molecule has 6 nitrogen and oxygen atoms in total. The average Bonchev–Trinajstić information content (AvgIpc) is 2.37. The first-order valence-electron chi connectivity index (χ1n) is 7.20. The standard InChI is InChI=1S/C14H28N2O4/c1-12(2)11-16(9-10-20-3)14(19)15-8-6-4-5-7-13(17)18/h12H,4-11H2,1-3H3,(H,15,19)(H,17,18). The third-order valence-corrected chi connectivity index (χ3v) is 2.78. The summed E-state index contributed by atoms with van der Waals surface area (Å²) in [6.07, 6.45) is 2.47. The van der Waals surface area contributed by atoms with Crippen molar-refractivity contribution in [3.8, 4) is 0 Å². The molecule has 0 aromatic heterocycles. The van der Waals surface area contributed by atoms with Crippen molar-refractivity contribution in [1.82, 2.24) is 10.2 Å². The summed E-state index contributed by atoms with van der Waals surface area (Å²) in [5.41, 5.74) is 0. The summed E-state index contributed by atoms with van der Waals surface area (Å²) in [7, 11) is 1.62. The fraction of sp³-hybridized carbons (Fsp3) is 0.857. The van der Waals surface area contributed by atoms with Gasteiger partial charge in [0.05, 0.1) is 6.61 Å². The molecule has 0 rings (SSSR count). The molecule has 0 heterocycles. The number of methoxy groups -OCH3 is 1. The highest BCUT2D eigenvalue weighted by molar-refractivity contribution is 5.74. The van der Waals surface area contributed by atoms with Gasteiger partial charge >= 0.3 is 12.0 Å². The van der Waals surface area contributed by atoms with Gasteiger partial charge in [0.2, 0.25) is 0 Å². The minimum atomic E-state index is -0.767. The van der Waals surface area contributed by atoms with Crippen LogP contribution in [0.4, 0.5) is 4.79 Å². The Morgan fingerprint density at radius 1 is 1.25 bits per heavy atom. The Hall–Kier alpha value is -1.30. The number of carbonyl (C=O) groups is 2. The van der Waals surface area contributed by atoms with Crippen LogP contribution in [0.5, 0.6) is 0 Å². The van der Waals surface area contributed by atoms with Gasteiger partial charge < -0.3 is 20.1 Å². The normalized spacial score (nSPS) is 10.6. The van der Waals surface area contributed by atoms with Gasteiger partial charge in [-0.15, -0.1) is 0 Å². The maximum Gasteiger partial charge on any atom is 0.317 e. The second kappa shape index (κ2) is 11.5. The minimum Gasteiger partial charge on any atom is -0.481 e. The summed E-state index contributed by atoms with van der Waals surface area (Å²) in [6, 6.07) is -0.0750. The van der Waals surface area contributed by atoms with Gasteiger partial charge in [0.25, 0.3) is 0 Å². The lowest BCUT2D eigenvalue weighted by molar-refractivity contribution is -0.137. The first kappa shape index (κ1) is 18.7. The van der Waals surface area contributed by atoms with Crippen LogP contribution in [0, 0.1) is 5.92 Å². The molecule has 0 aliphatic carbocycles. The summed E-state index contributed by atoms with van der Waals surface area (Å²) >= 11 is 0. The van der Waals surface area contributed by atoms with Crippen LogP contribution in [-0.2, 0) is 9.53 Å². The minimum absolute atomic E-state index is 0.0750. The number of carboxylic acid groups (broad SMARTS) is 1. The Kier molecular flexibility index (Phi) is 10.8. The number of unbranched alkanes of at least 4 members (excludes halogenated alkanes) is 2. The number of rotatable bonds is 11. The zero-order valence-corrected chi connectivity index (χ0v) is 12.9. The van der Waals surface area contributed by atoms with Crippen LogP contribution in [-0.4, -0.2) is 55.4 Å². The molecule has 118 valence electrons. The van der Waals surface area contributed by atoms with Crippen LogP contribution in [0.25, 0.3) is 0 Å². The van der Waals surface area contributed by atoms with E-state index in [1.807, 2.05) is 0 Å². The number of carbonyl (C=O) groups excluding carboxylic acids is 1.